The Morgan fingerprint density at radius 1 is 1.11 bits per heavy atom. The van der Waals surface area contributed by atoms with Crippen molar-refractivity contribution < 1.29 is 48.3 Å². The predicted molar refractivity (Wildman–Crippen MR) is 130 cm³/mol. The smallest absolute Gasteiger partial charge is 0.337 e. The molecule has 5 rings (SSSR count). The monoisotopic (exact) mass is 530 g/mol. The third kappa shape index (κ3) is 3.23. The lowest BCUT2D eigenvalue weighted by molar-refractivity contribution is -0.216. The SMILES string of the molecule is COC(=O)CC1C2(C)C3=C(C)C(C4=CC(O)OC4=O)CC3OC2C(O)C2C(C)(C(=O)OC)C=CC(=O)C21C. The molecule has 206 valence electrons. The molecule has 0 aromatic heterocycles. The van der Waals surface area contributed by atoms with Gasteiger partial charge in [-0.1, -0.05) is 25.5 Å². The third-order valence-electron chi connectivity index (χ3n) is 10.1. The molecule has 10 atom stereocenters. The lowest BCUT2D eigenvalue weighted by atomic mass is 9.41. The zero-order valence-electron chi connectivity index (χ0n) is 22.3. The molecule has 2 N–H and O–H groups in total. The maximum atomic E-state index is 13.8. The van der Waals surface area contributed by atoms with E-state index in [0.717, 1.165) is 11.1 Å². The van der Waals surface area contributed by atoms with Gasteiger partial charge in [0.2, 0.25) is 6.29 Å². The molecule has 10 heteroatoms. The number of carbonyl (C=O) groups excluding carboxylic acids is 4. The van der Waals surface area contributed by atoms with Gasteiger partial charge in [-0.05, 0) is 43.9 Å². The fraction of sp³-hybridized carbons (Fsp3) is 0.643. The molecule has 1 saturated heterocycles. The zero-order valence-corrected chi connectivity index (χ0v) is 22.3. The number of rotatable bonds is 4. The van der Waals surface area contributed by atoms with E-state index < -0.39 is 70.6 Å². The Balaban J connectivity index is 1.71. The fourth-order valence-corrected chi connectivity index (χ4v) is 8.48. The summed E-state index contributed by atoms with van der Waals surface area (Å²) in [6.45, 7) is 7.08. The minimum atomic E-state index is -1.36. The number of aliphatic hydroxyl groups excluding tert-OH is 2. The highest BCUT2D eigenvalue weighted by atomic mass is 16.6. The summed E-state index contributed by atoms with van der Waals surface area (Å²) in [6.07, 6.45) is 0.520. The van der Waals surface area contributed by atoms with E-state index in [2.05, 4.69) is 0 Å². The highest BCUT2D eigenvalue weighted by Gasteiger charge is 2.74. The largest absolute Gasteiger partial charge is 0.469 e. The maximum Gasteiger partial charge on any atom is 0.337 e. The number of allylic oxidation sites excluding steroid dienone is 2. The van der Waals surface area contributed by atoms with Crippen molar-refractivity contribution >= 4 is 23.7 Å². The molecule has 0 amide bonds. The molecule has 0 spiro atoms. The molecule has 0 radical (unpaired) electrons. The van der Waals surface area contributed by atoms with E-state index in [1.165, 1.54) is 32.4 Å². The Hall–Kier alpha value is -2.82. The van der Waals surface area contributed by atoms with Gasteiger partial charge < -0.3 is 29.2 Å². The minimum Gasteiger partial charge on any atom is -0.469 e. The van der Waals surface area contributed by atoms with Gasteiger partial charge >= 0.3 is 17.9 Å². The molecule has 3 aliphatic carbocycles. The lowest BCUT2D eigenvalue weighted by Gasteiger charge is -2.61. The zero-order chi connectivity index (χ0) is 27.9. The maximum absolute atomic E-state index is 13.8. The second-order valence-corrected chi connectivity index (χ2v) is 11.7. The Bertz CT molecular complexity index is 1210. The first-order valence-electron chi connectivity index (χ1n) is 12.8. The highest BCUT2D eigenvalue weighted by molar-refractivity contribution is 5.99. The van der Waals surface area contributed by atoms with Crippen LogP contribution < -0.4 is 0 Å². The number of cyclic esters (lactones) is 1. The van der Waals surface area contributed by atoms with Crippen molar-refractivity contribution in [3.63, 3.8) is 0 Å². The van der Waals surface area contributed by atoms with Crippen LogP contribution in [-0.4, -0.2) is 72.7 Å². The number of carbonyl (C=O) groups is 4. The summed E-state index contributed by atoms with van der Waals surface area (Å²) >= 11 is 0. The van der Waals surface area contributed by atoms with Crippen molar-refractivity contribution in [3.8, 4) is 0 Å². The van der Waals surface area contributed by atoms with Gasteiger partial charge in [-0.25, -0.2) is 4.79 Å². The van der Waals surface area contributed by atoms with Crippen LogP contribution in [0.2, 0.25) is 0 Å². The lowest BCUT2D eigenvalue weighted by Crippen LogP contribution is -2.69. The van der Waals surface area contributed by atoms with Crippen LogP contribution in [0.1, 0.15) is 40.5 Å². The first kappa shape index (κ1) is 26.8. The van der Waals surface area contributed by atoms with Crippen LogP contribution >= 0.6 is 0 Å². The van der Waals surface area contributed by atoms with E-state index in [0.29, 0.717) is 12.0 Å². The van der Waals surface area contributed by atoms with Gasteiger partial charge in [-0.3, -0.25) is 14.4 Å². The molecule has 2 fully saturated rings. The number of aliphatic hydroxyl groups is 2. The Morgan fingerprint density at radius 2 is 1.79 bits per heavy atom. The van der Waals surface area contributed by atoms with Crippen LogP contribution in [0.3, 0.4) is 0 Å². The van der Waals surface area contributed by atoms with Crippen LogP contribution in [0.25, 0.3) is 0 Å². The highest BCUT2D eigenvalue weighted by Crippen LogP contribution is 2.69. The molecule has 10 unspecified atom stereocenters. The van der Waals surface area contributed by atoms with Gasteiger partial charge in [0.25, 0.3) is 0 Å². The average Bonchev–Trinajstić information content (AvgIpc) is 3.48. The van der Waals surface area contributed by atoms with Crippen molar-refractivity contribution in [1.29, 1.82) is 0 Å². The molecular formula is C28H34O10. The number of hydrogen-bond acceptors (Lipinski definition) is 10. The van der Waals surface area contributed by atoms with Gasteiger partial charge in [0, 0.05) is 28.2 Å². The number of fused-ring (bicyclic) bond motifs is 4. The number of esters is 3. The van der Waals surface area contributed by atoms with Crippen molar-refractivity contribution in [2.45, 2.75) is 65.1 Å². The molecule has 10 nitrogen and oxygen atoms in total. The van der Waals surface area contributed by atoms with Crippen molar-refractivity contribution in [2.24, 2.45) is 34.0 Å². The van der Waals surface area contributed by atoms with Crippen molar-refractivity contribution in [2.75, 3.05) is 14.2 Å². The number of methoxy groups -OCH3 is 2. The Morgan fingerprint density at radius 3 is 2.37 bits per heavy atom. The molecule has 0 bridgehead atoms. The van der Waals surface area contributed by atoms with Crippen molar-refractivity contribution in [1.82, 2.24) is 0 Å². The molecule has 2 heterocycles. The van der Waals surface area contributed by atoms with Gasteiger partial charge in [0.1, 0.15) is 0 Å². The van der Waals surface area contributed by atoms with Gasteiger partial charge in [0.15, 0.2) is 5.78 Å². The van der Waals surface area contributed by atoms with Crippen molar-refractivity contribution in [3.05, 3.63) is 34.9 Å². The van der Waals surface area contributed by atoms with E-state index in [1.807, 2.05) is 13.8 Å². The molecule has 0 aromatic rings. The molecule has 38 heavy (non-hydrogen) atoms. The summed E-state index contributed by atoms with van der Waals surface area (Å²) in [7, 11) is 2.53. The van der Waals surface area contributed by atoms with E-state index in [4.69, 9.17) is 18.9 Å². The van der Waals surface area contributed by atoms with Gasteiger partial charge in [-0.2, -0.15) is 0 Å². The van der Waals surface area contributed by atoms with E-state index in [9.17, 15) is 29.4 Å². The average molecular weight is 531 g/mol. The number of ketones is 1. The fourth-order valence-electron chi connectivity index (χ4n) is 8.48. The Labute approximate surface area is 220 Å². The summed E-state index contributed by atoms with van der Waals surface area (Å²) in [5.41, 5.74) is -1.76. The first-order chi connectivity index (χ1) is 17.8. The van der Waals surface area contributed by atoms with Crippen LogP contribution in [0.15, 0.2) is 34.9 Å². The number of ether oxygens (including phenoxy) is 4. The normalized spacial score (nSPS) is 45.3. The summed E-state index contributed by atoms with van der Waals surface area (Å²) in [5.74, 6) is -4.09. The molecule has 1 saturated carbocycles. The second kappa shape index (κ2) is 8.59. The van der Waals surface area contributed by atoms with E-state index in [-0.39, 0.29) is 18.1 Å². The number of hydrogen-bond donors (Lipinski definition) is 2. The Kier molecular flexibility index (Phi) is 6.05. The quantitative estimate of drug-likeness (QED) is 0.311. The molecule has 0 aromatic carbocycles. The van der Waals surface area contributed by atoms with Crippen LogP contribution in [0.4, 0.5) is 0 Å². The van der Waals surface area contributed by atoms with Crippen LogP contribution in [0.5, 0.6) is 0 Å². The second-order valence-electron chi connectivity index (χ2n) is 11.7. The van der Waals surface area contributed by atoms with Gasteiger partial charge in [-0.15, -0.1) is 0 Å². The minimum absolute atomic E-state index is 0.152. The summed E-state index contributed by atoms with van der Waals surface area (Å²) < 4.78 is 21.6. The standard InChI is InChI=1S/C28H34O10/c1-12-13(14-10-19(31)38-24(14)33)9-15-20(12)28(4)16(11-18(30)35-5)27(3)17(29)7-8-26(2,25(34)36-6)22(27)21(32)23(28)37-15/h7-8,10,13,15-16,19,21-23,31-32H,9,11H2,1-6H3. The third-order valence-corrected chi connectivity index (χ3v) is 10.1. The topological polar surface area (TPSA) is 146 Å². The molecule has 5 aliphatic rings. The summed E-state index contributed by atoms with van der Waals surface area (Å²) in [6, 6.07) is 0. The predicted octanol–water partition coefficient (Wildman–Crippen LogP) is 1.39. The summed E-state index contributed by atoms with van der Waals surface area (Å²) in [5, 5.41) is 21.8. The van der Waals surface area contributed by atoms with E-state index >= 15 is 0 Å². The van der Waals surface area contributed by atoms with E-state index in [1.54, 1.807) is 13.8 Å². The molecular weight excluding hydrogens is 496 g/mol. The summed E-state index contributed by atoms with van der Waals surface area (Å²) in [4.78, 5) is 52.1. The van der Waals surface area contributed by atoms with Gasteiger partial charge in [0.05, 0.1) is 44.4 Å². The molecule has 2 aliphatic heterocycles. The van der Waals surface area contributed by atoms with Crippen LogP contribution in [0, 0.1) is 34.0 Å². The van der Waals surface area contributed by atoms with Crippen LogP contribution in [-0.2, 0) is 38.1 Å². The first-order valence-corrected chi connectivity index (χ1v) is 12.8.